The molecule has 2 aliphatic heterocycles. The Hall–Kier alpha value is -1.84. The van der Waals surface area contributed by atoms with Gasteiger partial charge in [-0.25, -0.2) is 0 Å². The zero-order valence-corrected chi connectivity index (χ0v) is 13.1. The average Bonchev–Trinajstić information content (AvgIpc) is 3.00. The Balaban J connectivity index is 2.04. The summed E-state index contributed by atoms with van der Waals surface area (Å²) in [5, 5.41) is 8.94. The summed E-state index contributed by atoms with van der Waals surface area (Å²) in [7, 11) is 1.45. The van der Waals surface area contributed by atoms with E-state index in [2.05, 4.69) is 0 Å². The number of carbonyl (C=O) groups is 3. The van der Waals surface area contributed by atoms with E-state index in [0.29, 0.717) is 11.3 Å². The van der Waals surface area contributed by atoms with Crippen LogP contribution in [0.5, 0.6) is 0 Å². The van der Waals surface area contributed by atoms with Crippen LogP contribution < -0.4 is 0 Å². The van der Waals surface area contributed by atoms with E-state index < -0.39 is 42.5 Å². The van der Waals surface area contributed by atoms with Gasteiger partial charge in [-0.3, -0.25) is 14.4 Å². The van der Waals surface area contributed by atoms with Crippen molar-refractivity contribution < 1.29 is 37.4 Å². The minimum absolute atomic E-state index is 0.178. The van der Waals surface area contributed by atoms with Crippen molar-refractivity contribution in [1.29, 1.82) is 0 Å². The molecule has 2 heterocycles. The fourth-order valence-corrected chi connectivity index (χ4v) is 3.25. The summed E-state index contributed by atoms with van der Waals surface area (Å²) < 4.78 is 42.5. The minimum atomic E-state index is -4.52. The van der Waals surface area contributed by atoms with Crippen LogP contribution in [0.1, 0.15) is 19.3 Å². The first-order valence-electron chi connectivity index (χ1n) is 7.50. The Morgan fingerprint density at radius 1 is 1.33 bits per heavy atom. The molecule has 0 aromatic rings. The first-order valence-corrected chi connectivity index (χ1v) is 7.50. The van der Waals surface area contributed by atoms with Gasteiger partial charge in [-0.05, 0) is 6.42 Å². The lowest BCUT2D eigenvalue weighted by atomic mass is 10.1. The minimum Gasteiger partial charge on any atom is -0.481 e. The zero-order chi connectivity index (χ0) is 18.1. The number of aliphatic carboxylic acids is 1. The summed E-state index contributed by atoms with van der Waals surface area (Å²) in [6.45, 7) is -1.50. The Morgan fingerprint density at radius 3 is 2.54 bits per heavy atom. The molecule has 0 aliphatic carbocycles. The van der Waals surface area contributed by atoms with Gasteiger partial charge in [0.25, 0.3) is 0 Å². The number of methoxy groups -OCH3 is 1. The lowest BCUT2D eigenvalue weighted by Gasteiger charge is -2.26. The number of rotatable bonds is 5. The predicted molar refractivity (Wildman–Crippen MR) is 73.9 cm³/mol. The van der Waals surface area contributed by atoms with Gasteiger partial charge in [0.05, 0.1) is 18.4 Å². The highest BCUT2D eigenvalue weighted by Crippen LogP contribution is 2.29. The molecule has 2 rings (SSSR count). The summed E-state index contributed by atoms with van der Waals surface area (Å²) in [6.07, 6.45) is -5.04. The second-order valence-corrected chi connectivity index (χ2v) is 6.13. The number of amides is 2. The van der Waals surface area contributed by atoms with Crippen molar-refractivity contribution in [3.63, 3.8) is 0 Å². The third-order valence-corrected chi connectivity index (χ3v) is 4.34. The molecule has 3 unspecified atom stereocenters. The zero-order valence-electron chi connectivity index (χ0n) is 13.1. The molecule has 7 nitrogen and oxygen atoms in total. The second-order valence-electron chi connectivity index (χ2n) is 6.13. The summed E-state index contributed by atoms with van der Waals surface area (Å²) in [4.78, 5) is 37.2. The lowest BCUT2D eigenvalue weighted by molar-refractivity contribution is -0.157. The van der Waals surface area contributed by atoms with Crippen molar-refractivity contribution in [3.8, 4) is 0 Å². The number of hydrogen-bond donors (Lipinski definition) is 1. The van der Waals surface area contributed by atoms with E-state index in [1.807, 2.05) is 0 Å². The largest absolute Gasteiger partial charge is 0.481 e. The van der Waals surface area contributed by atoms with Crippen LogP contribution in [0.2, 0.25) is 0 Å². The number of carbonyl (C=O) groups excluding carboxylic acids is 2. The van der Waals surface area contributed by atoms with Crippen LogP contribution >= 0.6 is 0 Å². The number of alkyl halides is 3. The van der Waals surface area contributed by atoms with Crippen molar-refractivity contribution in [2.75, 3.05) is 26.7 Å². The van der Waals surface area contributed by atoms with E-state index in [1.165, 1.54) is 12.0 Å². The summed E-state index contributed by atoms with van der Waals surface area (Å²) in [5.74, 6) is -3.16. The topological polar surface area (TPSA) is 87.1 Å². The molecule has 2 aliphatic rings. The third kappa shape index (κ3) is 4.37. The molecule has 0 radical (unpaired) electrons. The third-order valence-electron chi connectivity index (χ3n) is 4.34. The maximum Gasteiger partial charge on any atom is 0.406 e. The predicted octanol–water partition coefficient (Wildman–Crippen LogP) is 0.488. The number of ether oxygens (including phenoxy) is 1. The highest BCUT2D eigenvalue weighted by molar-refractivity contribution is 5.89. The molecule has 0 saturated carbocycles. The summed E-state index contributed by atoms with van der Waals surface area (Å²) in [5.41, 5.74) is 0. The van der Waals surface area contributed by atoms with Crippen LogP contribution in [-0.2, 0) is 19.1 Å². The molecule has 1 N–H and O–H groups in total. The summed E-state index contributed by atoms with van der Waals surface area (Å²) >= 11 is 0. The number of hydrogen-bond acceptors (Lipinski definition) is 4. The van der Waals surface area contributed by atoms with Gasteiger partial charge in [0.15, 0.2) is 0 Å². The van der Waals surface area contributed by atoms with Crippen LogP contribution in [0.25, 0.3) is 0 Å². The maximum atomic E-state index is 12.6. The van der Waals surface area contributed by atoms with Crippen molar-refractivity contribution in [2.24, 2.45) is 5.92 Å². The summed E-state index contributed by atoms with van der Waals surface area (Å²) in [6, 6.07) is -0.577. The highest BCUT2D eigenvalue weighted by atomic mass is 19.4. The second kappa shape index (κ2) is 6.96. The van der Waals surface area contributed by atoms with Crippen molar-refractivity contribution >= 4 is 17.8 Å². The van der Waals surface area contributed by atoms with Gasteiger partial charge in [-0.2, -0.15) is 13.2 Å². The Labute approximate surface area is 136 Å². The van der Waals surface area contributed by atoms with Gasteiger partial charge in [0, 0.05) is 32.7 Å². The van der Waals surface area contributed by atoms with Gasteiger partial charge >= 0.3 is 12.1 Å². The Morgan fingerprint density at radius 2 is 2.00 bits per heavy atom. The quantitative estimate of drug-likeness (QED) is 0.778. The number of carboxylic acids is 1. The van der Waals surface area contributed by atoms with Gasteiger partial charge in [0.1, 0.15) is 6.54 Å². The van der Waals surface area contributed by atoms with E-state index in [4.69, 9.17) is 9.84 Å². The molecule has 2 fully saturated rings. The van der Waals surface area contributed by atoms with E-state index in [-0.39, 0.29) is 32.0 Å². The van der Waals surface area contributed by atoms with Crippen LogP contribution in [0.4, 0.5) is 13.2 Å². The molecule has 0 spiro atoms. The van der Waals surface area contributed by atoms with Crippen LogP contribution in [-0.4, -0.2) is 77.8 Å². The smallest absolute Gasteiger partial charge is 0.406 e. The average molecular weight is 352 g/mol. The van der Waals surface area contributed by atoms with E-state index in [9.17, 15) is 27.6 Å². The molecule has 24 heavy (non-hydrogen) atoms. The first kappa shape index (κ1) is 18.5. The highest BCUT2D eigenvalue weighted by Gasteiger charge is 2.45. The van der Waals surface area contributed by atoms with Crippen LogP contribution in [0.3, 0.4) is 0 Å². The fraction of sp³-hybridized carbons (Fsp3) is 0.786. The first-order chi connectivity index (χ1) is 11.1. The number of carboxylic acid groups (broad SMARTS) is 1. The molecule has 3 atom stereocenters. The molecule has 0 aromatic carbocycles. The van der Waals surface area contributed by atoms with Gasteiger partial charge in [0.2, 0.25) is 11.8 Å². The Bertz CT molecular complexity index is 525. The Kier molecular flexibility index (Phi) is 5.36. The normalized spacial score (nSPS) is 27.8. The molecule has 2 amide bonds. The molecule has 10 heteroatoms. The molecule has 2 saturated heterocycles. The monoisotopic (exact) mass is 352 g/mol. The maximum absolute atomic E-state index is 12.6. The molecule has 0 bridgehead atoms. The van der Waals surface area contributed by atoms with Gasteiger partial charge in [-0.1, -0.05) is 0 Å². The molecule has 0 aromatic heterocycles. The van der Waals surface area contributed by atoms with Crippen molar-refractivity contribution in [1.82, 2.24) is 9.80 Å². The molecule has 136 valence electrons. The van der Waals surface area contributed by atoms with Gasteiger partial charge in [-0.15, -0.1) is 0 Å². The van der Waals surface area contributed by atoms with E-state index >= 15 is 0 Å². The standard InChI is InChI=1S/C14H19F3N2O5/c1-24-10-3-9(4-12(21)22)19(6-10)13(23)8-2-11(20)18(5-8)7-14(15,16)17/h8-10H,2-7H2,1H3,(H,21,22). The number of nitrogens with zero attached hydrogens (tertiary/aromatic N) is 2. The van der Waals surface area contributed by atoms with Crippen molar-refractivity contribution in [3.05, 3.63) is 0 Å². The number of halogens is 3. The molecular weight excluding hydrogens is 333 g/mol. The SMILES string of the molecule is COC1CC(CC(=O)O)N(C(=O)C2CC(=O)N(CC(F)(F)F)C2)C1. The van der Waals surface area contributed by atoms with Crippen LogP contribution in [0, 0.1) is 5.92 Å². The fourth-order valence-electron chi connectivity index (χ4n) is 3.25. The van der Waals surface area contributed by atoms with Crippen molar-refractivity contribution in [2.45, 2.75) is 37.6 Å². The lowest BCUT2D eigenvalue weighted by Crippen LogP contribution is -2.42. The van der Waals surface area contributed by atoms with Gasteiger partial charge < -0.3 is 19.6 Å². The van der Waals surface area contributed by atoms with Crippen LogP contribution in [0.15, 0.2) is 0 Å². The molecular formula is C14H19F3N2O5. The number of likely N-dealkylation sites (tertiary alicyclic amines) is 2. The van der Waals surface area contributed by atoms with E-state index in [1.54, 1.807) is 0 Å². The van der Waals surface area contributed by atoms with E-state index in [0.717, 1.165) is 0 Å².